The molecule has 0 amide bonds. The second kappa shape index (κ2) is 6.04. The van der Waals surface area contributed by atoms with Crippen LogP contribution in [0.15, 0.2) is 24.3 Å². The van der Waals surface area contributed by atoms with E-state index in [0.717, 1.165) is 13.0 Å². The van der Waals surface area contributed by atoms with E-state index in [1.807, 2.05) is 0 Å². The van der Waals surface area contributed by atoms with Crippen LogP contribution < -0.4 is 5.73 Å². The largest absolute Gasteiger partial charge is 0.377 e. The molecule has 1 fully saturated rings. The lowest BCUT2D eigenvalue weighted by molar-refractivity contribution is 0.0626. The number of nitrogens with zero attached hydrogens (tertiary/aromatic N) is 1. The molecular weight excluding hydrogens is 236 g/mol. The molecule has 1 aromatic carbocycles. The van der Waals surface area contributed by atoms with Crippen molar-refractivity contribution < 1.29 is 4.74 Å². The molecule has 19 heavy (non-hydrogen) atoms. The number of rotatable bonds is 4. The molecule has 3 heteroatoms. The molecule has 1 saturated heterocycles. The lowest BCUT2D eigenvalue weighted by atomic mass is 9.95. The van der Waals surface area contributed by atoms with Crippen molar-refractivity contribution in [3.05, 3.63) is 35.4 Å². The van der Waals surface area contributed by atoms with E-state index in [0.29, 0.717) is 6.04 Å². The number of ether oxygens (including phenoxy) is 1. The van der Waals surface area contributed by atoms with Crippen molar-refractivity contribution in [2.75, 3.05) is 13.7 Å². The highest BCUT2D eigenvalue weighted by Gasteiger charge is 2.33. The van der Waals surface area contributed by atoms with Gasteiger partial charge in [0.1, 0.15) is 0 Å². The number of likely N-dealkylation sites (N-methyl/N-ethyl adjacent to an activating group) is 1. The molecule has 4 unspecified atom stereocenters. The molecule has 2 rings (SSSR count). The Balaban J connectivity index is 2.25. The molecule has 4 atom stereocenters. The van der Waals surface area contributed by atoms with E-state index in [9.17, 15) is 0 Å². The maximum absolute atomic E-state index is 6.25. The Hall–Kier alpha value is -0.900. The summed E-state index contributed by atoms with van der Waals surface area (Å²) in [6.07, 6.45) is 1.38. The van der Waals surface area contributed by atoms with Gasteiger partial charge in [0.15, 0.2) is 0 Å². The summed E-state index contributed by atoms with van der Waals surface area (Å²) in [4.78, 5) is 2.40. The zero-order valence-electron chi connectivity index (χ0n) is 12.5. The van der Waals surface area contributed by atoms with Gasteiger partial charge in [-0.1, -0.05) is 29.8 Å². The fraction of sp³-hybridized carbons (Fsp3) is 0.625. The molecule has 0 aliphatic carbocycles. The van der Waals surface area contributed by atoms with Crippen LogP contribution in [-0.4, -0.2) is 36.7 Å². The molecule has 2 N–H and O–H groups in total. The standard InChI is InChI=1S/C16H26N2O/c1-11-6-5-7-14(10-11)16(12(2)17)18(4)15-8-9-19-13(15)3/h5-7,10,12-13,15-16H,8-9,17H2,1-4H3. The van der Waals surface area contributed by atoms with E-state index in [4.69, 9.17) is 10.5 Å². The van der Waals surface area contributed by atoms with Crippen molar-refractivity contribution in [1.82, 2.24) is 4.90 Å². The smallest absolute Gasteiger partial charge is 0.0703 e. The first-order chi connectivity index (χ1) is 9.00. The molecular formula is C16H26N2O. The highest BCUT2D eigenvalue weighted by Crippen LogP contribution is 2.29. The van der Waals surface area contributed by atoms with Gasteiger partial charge in [-0.25, -0.2) is 0 Å². The van der Waals surface area contributed by atoms with Gasteiger partial charge >= 0.3 is 0 Å². The molecule has 0 spiro atoms. The summed E-state index contributed by atoms with van der Waals surface area (Å²) >= 11 is 0. The zero-order valence-corrected chi connectivity index (χ0v) is 12.5. The second-order valence-corrected chi connectivity index (χ2v) is 5.82. The number of nitrogens with two attached hydrogens (primary N) is 1. The Morgan fingerprint density at radius 3 is 2.68 bits per heavy atom. The number of benzene rings is 1. The minimum Gasteiger partial charge on any atom is -0.377 e. The third-order valence-electron chi connectivity index (χ3n) is 4.18. The molecule has 1 aromatic rings. The van der Waals surface area contributed by atoms with E-state index in [2.05, 4.69) is 57.0 Å². The Kier molecular flexibility index (Phi) is 4.61. The van der Waals surface area contributed by atoms with Gasteiger partial charge in [-0.15, -0.1) is 0 Å². The van der Waals surface area contributed by atoms with Gasteiger partial charge in [-0.2, -0.15) is 0 Å². The normalized spacial score (nSPS) is 26.6. The fourth-order valence-corrected chi connectivity index (χ4v) is 3.23. The van der Waals surface area contributed by atoms with E-state index in [-0.39, 0.29) is 18.2 Å². The van der Waals surface area contributed by atoms with Crippen LogP contribution in [0.4, 0.5) is 0 Å². The summed E-state index contributed by atoms with van der Waals surface area (Å²) in [7, 11) is 2.17. The highest BCUT2D eigenvalue weighted by molar-refractivity contribution is 5.26. The van der Waals surface area contributed by atoms with Crippen LogP contribution in [0.2, 0.25) is 0 Å². The lowest BCUT2D eigenvalue weighted by Crippen LogP contribution is -2.45. The minimum atomic E-state index is 0.0969. The molecule has 0 saturated carbocycles. The van der Waals surface area contributed by atoms with Gasteiger partial charge in [-0.05, 0) is 39.8 Å². The summed E-state index contributed by atoms with van der Waals surface area (Å²) in [6.45, 7) is 7.23. The quantitative estimate of drug-likeness (QED) is 0.906. The van der Waals surface area contributed by atoms with Gasteiger partial charge in [-0.3, -0.25) is 4.90 Å². The van der Waals surface area contributed by atoms with Gasteiger partial charge in [0, 0.05) is 24.7 Å². The summed E-state index contributed by atoms with van der Waals surface area (Å²) < 4.78 is 5.69. The minimum absolute atomic E-state index is 0.0969. The average molecular weight is 262 g/mol. The third kappa shape index (κ3) is 3.16. The third-order valence-corrected chi connectivity index (χ3v) is 4.18. The van der Waals surface area contributed by atoms with Crippen LogP contribution >= 0.6 is 0 Å². The van der Waals surface area contributed by atoms with Crippen LogP contribution in [0.25, 0.3) is 0 Å². The number of hydrogen-bond acceptors (Lipinski definition) is 3. The summed E-state index contributed by atoms with van der Waals surface area (Å²) in [5, 5.41) is 0. The number of hydrogen-bond donors (Lipinski definition) is 1. The monoisotopic (exact) mass is 262 g/mol. The lowest BCUT2D eigenvalue weighted by Gasteiger charge is -2.37. The summed E-state index contributed by atoms with van der Waals surface area (Å²) in [5.74, 6) is 0. The molecule has 1 heterocycles. The Bertz CT molecular complexity index is 419. The summed E-state index contributed by atoms with van der Waals surface area (Å²) in [6, 6.07) is 9.46. The van der Waals surface area contributed by atoms with Crippen molar-refractivity contribution in [3.63, 3.8) is 0 Å². The van der Waals surface area contributed by atoms with Crippen molar-refractivity contribution >= 4 is 0 Å². The highest BCUT2D eigenvalue weighted by atomic mass is 16.5. The van der Waals surface area contributed by atoms with Crippen molar-refractivity contribution in [2.24, 2.45) is 5.73 Å². The van der Waals surface area contributed by atoms with Crippen molar-refractivity contribution in [1.29, 1.82) is 0 Å². The van der Waals surface area contributed by atoms with E-state index < -0.39 is 0 Å². The second-order valence-electron chi connectivity index (χ2n) is 5.82. The maximum atomic E-state index is 6.25. The predicted molar refractivity (Wildman–Crippen MR) is 79.2 cm³/mol. The molecule has 1 aliphatic rings. The van der Waals surface area contributed by atoms with Crippen LogP contribution in [0.3, 0.4) is 0 Å². The zero-order chi connectivity index (χ0) is 14.0. The summed E-state index contributed by atoms with van der Waals surface area (Å²) in [5.41, 5.74) is 8.84. The van der Waals surface area contributed by atoms with Crippen LogP contribution in [0, 0.1) is 6.92 Å². The molecule has 1 aliphatic heterocycles. The van der Waals surface area contributed by atoms with Gasteiger partial charge in [0.05, 0.1) is 6.10 Å². The van der Waals surface area contributed by atoms with Crippen molar-refractivity contribution in [3.8, 4) is 0 Å². The van der Waals surface area contributed by atoms with E-state index in [1.165, 1.54) is 11.1 Å². The average Bonchev–Trinajstić information content (AvgIpc) is 2.75. The topological polar surface area (TPSA) is 38.5 Å². The van der Waals surface area contributed by atoms with Crippen LogP contribution in [-0.2, 0) is 4.74 Å². The van der Waals surface area contributed by atoms with Gasteiger partial charge < -0.3 is 10.5 Å². The van der Waals surface area contributed by atoms with Gasteiger partial charge in [0.2, 0.25) is 0 Å². The molecule has 0 aromatic heterocycles. The first-order valence-electron chi connectivity index (χ1n) is 7.16. The number of aryl methyl sites for hydroxylation is 1. The van der Waals surface area contributed by atoms with Crippen LogP contribution in [0.5, 0.6) is 0 Å². The van der Waals surface area contributed by atoms with E-state index in [1.54, 1.807) is 0 Å². The molecule has 3 nitrogen and oxygen atoms in total. The predicted octanol–water partition coefficient (Wildman–Crippen LogP) is 2.49. The first kappa shape index (κ1) is 14.5. The fourth-order valence-electron chi connectivity index (χ4n) is 3.23. The SMILES string of the molecule is Cc1cccc(C(C(C)N)N(C)C2CCOC2C)c1. The maximum Gasteiger partial charge on any atom is 0.0703 e. The molecule has 0 bridgehead atoms. The van der Waals surface area contributed by atoms with Gasteiger partial charge in [0.25, 0.3) is 0 Å². The molecule has 0 radical (unpaired) electrons. The first-order valence-corrected chi connectivity index (χ1v) is 7.16. The Morgan fingerprint density at radius 1 is 1.42 bits per heavy atom. The Labute approximate surface area is 116 Å². The van der Waals surface area contributed by atoms with Crippen LogP contribution in [0.1, 0.15) is 37.4 Å². The Morgan fingerprint density at radius 2 is 2.16 bits per heavy atom. The van der Waals surface area contributed by atoms with E-state index >= 15 is 0 Å². The van der Waals surface area contributed by atoms with Crippen molar-refractivity contribution in [2.45, 2.75) is 51.4 Å². The molecule has 106 valence electrons.